The van der Waals surface area contributed by atoms with Crippen LogP contribution in [0.4, 0.5) is 0 Å². The van der Waals surface area contributed by atoms with Crippen LogP contribution in [-0.4, -0.2) is 39.3 Å². The summed E-state index contributed by atoms with van der Waals surface area (Å²) in [6.07, 6.45) is 0.975. The van der Waals surface area contributed by atoms with E-state index in [1.165, 1.54) is 5.56 Å². The smallest absolute Gasteiger partial charge is 0.191 e. The number of rotatable bonds is 8. The molecule has 0 aromatic heterocycles. The van der Waals surface area contributed by atoms with E-state index in [1.54, 1.807) is 7.11 Å². The Labute approximate surface area is 129 Å². The minimum atomic E-state index is 0.0239. The molecule has 2 N–H and O–H groups in total. The number of nitrogens with zero attached hydrogens (tertiary/aromatic N) is 1. The van der Waals surface area contributed by atoms with E-state index < -0.39 is 0 Å². The number of guanidine groups is 1. The fourth-order valence-electron chi connectivity index (χ4n) is 2.02. The number of aliphatic imine (C=N–C) groups is 1. The van der Waals surface area contributed by atoms with Crippen LogP contribution in [0, 0.1) is 0 Å². The largest absolute Gasteiger partial charge is 0.385 e. The van der Waals surface area contributed by atoms with Crippen molar-refractivity contribution >= 4 is 5.96 Å². The fourth-order valence-corrected chi connectivity index (χ4v) is 2.02. The number of benzene rings is 1. The second-order valence-electron chi connectivity index (χ2n) is 5.72. The van der Waals surface area contributed by atoms with Gasteiger partial charge < -0.3 is 15.4 Å². The molecule has 0 fully saturated rings. The standard InChI is InChI=1S/C17H29N3O/c1-5-18-16(19-12-9-13-21-4)20-14-17(2,3)15-10-7-6-8-11-15/h6-8,10-11H,5,9,12-14H2,1-4H3,(H2,18,19,20). The topological polar surface area (TPSA) is 45.7 Å². The molecule has 0 bridgehead atoms. The average Bonchev–Trinajstić information content (AvgIpc) is 2.50. The molecule has 0 heterocycles. The molecule has 0 unspecified atom stereocenters. The highest BCUT2D eigenvalue weighted by Gasteiger charge is 2.19. The summed E-state index contributed by atoms with van der Waals surface area (Å²) in [4.78, 5) is 4.71. The Kier molecular flexibility index (Phi) is 7.83. The van der Waals surface area contributed by atoms with Crippen molar-refractivity contribution in [1.29, 1.82) is 0 Å². The molecule has 1 aromatic rings. The SMILES string of the molecule is CCNC(=NCC(C)(C)c1ccccc1)NCCCOC. The van der Waals surface area contributed by atoms with Gasteiger partial charge in [-0.25, -0.2) is 0 Å². The molecule has 0 atom stereocenters. The first-order valence-electron chi connectivity index (χ1n) is 7.67. The Morgan fingerprint density at radius 1 is 1.19 bits per heavy atom. The molecule has 1 aromatic carbocycles. The first-order chi connectivity index (χ1) is 10.1. The molecule has 1 rings (SSSR count). The van der Waals surface area contributed by atoms with Crippen LogP contribution in [0.5, 0.6) is 0 Å². The van der Waals surface area contributed by atoms with Gasteiger partial charge in [0.2, 0.25) is 0 Å². The van der Waals surface area contributed by atoms with Gasteiger partial charge in [-0.15, -0.1) is 0 Å². The third kappa shape index (κ3) is 6.63. The lowest BCUT2D eigenvalue weighted by Crippen LogP contribution is -2.39. The molecular weight excluding hydrogens is 262 g/mol. The molecule has 0 aliphatic carbocycles. The van der Waals surface area contributed by atoms with E-state index in [0.29, 0.717) is 0 Å². The van der Waals surface area contributed by atoms with Crippen molar-refractivity contribution in [1.82, 2.24) is 10.6 Å². The van der Waals surface area contributed by atoms with Gasteiger partial charge in [0, 0.05) is 32.2 Å². The Bertz CT molecular complexity index is 415. The lowest BCUT2D eigenvalue weighted by Gasteiger charge is -2.24. The predicted molar refractivity (Wildman–Crippen MR) is 89.9 cm³/mol. The zero-order valence-corrected chi connectivity index (χ0v) is 13.8. The summed E-state index contributed by atoms with van der Waals surface area (Å²) in [6, 6.07) is 10.5. The van der Waals surface area contributed by atoms with Gasteiger partial charge in [-0.05, 0) is 18.9 Å². The van der Waals surface area contributed by atoms with Crippen LogP contribution in [0.25, 0.3) is 0 Å². The van der Waals surface area contributed by atoms with Gasteiger partial charge in [-0.1, -0.05) is 44.2 Å². The number of nitrogens with one attached hydrogen (secondary N) is 2. The van der Waals surface area contributed by atoms with Crippen LogP contribution in [0.15, 0.2) is 35.3 Å². The number of ether oxygens (including phenoxy) is 1. The molecule has 21 heavy (non-hydrogen) atoms. The van der Waals surface area contributed by atoms with E-state index in [2.05, 4.69) is 55.7 Å². The summed E-state index contributed by atoms with van der Waals surface area (Å²) >= 11 is 0. The summed E-state index contributed by atoms with van der Waals surface area (Å²) in [6.45, 7) is 9.77. The van der Waals surface area contributed by atoms with E-state index in [9.17, 15) is 0 Å². The molecule has 0 amide bonds. The average molecular weight is 291 g/mol. The van der Waals surface area contributed by atoms with Crippen LogP contribution in [0.3, 0.4) is 0 Å². The van der Waals surface area contributed by atoms with Gasteiger partial charge in [0.15, 0.2) is 5.96 Å². The van der Waals surface area contributed by atoms with Gasteiger partial charge in [-0.3, -0.25) is 4.99 Å². The van der Waals surface area contributed by atoms with Gasteiger partial charge in [-0.2, -0.15) is 0 Å². The molecule has 4 heteroatoms. The van der Waals surface area contributed by atoms with Crippen molar-refractivity contribution in [2.24, 2.45) is 4.99 Å². The molecule has 0 spiro atoms. The summed E-state index contributed by atoms with van der Waals surface area (Å²) in [5, 5.41) is 6.62. The van der Waals surface area contributed by atoms with E-state index in [0.717, 1.165) is 38.6 Å². The lowest BCUT2D eigenvalue weighted by atomic mass is 9.85. The lowest BCUT2D eigenvalue weighted by molar-refractivity contribution is 0.195. The summed E-state index contributed by atoms with van der Waals surface area (Å²) in [5.41, 5.74) is 1.33. The van der Waals surface area contributed by atoms with Crippen LogP contribution in [0.2, 0.25) is 0 Å². The van der Waals surface area contributed by atoms with Gasteiger partial charge in [0.1, 0.15) is 0 Å². The van der Waals surface area contributed by atoms with E-state index in [1.807, 2.05) is 6.07 Å². The van der Waals surface area contributed by atoms with E-state index >= 15 is 0 Å². The van der Waals surface area contributed by atoms with Crippen molar-refractivity contribution in [3.63, 3.8) is 0 Å². The number of methoxy groups -OCH3 is 1. The molecule has 0 aliphatic heterocycles. The second-order valence-corrected chi connectivity index (χ2v) is 5.72. The maximum Gasteiger partial charge on any atom is 0.191 e. The minimum Gasteiger partial charge on any atom is -0.385 e. The van der Waals surface area contributed by atoms with Gasteiger partial charge in [0.05, 0.1) is 6.54 Å². The van der Waals surface area contributed by atoms with E-state index in [4.69, 9.17) is 9.73 Å². The van der Waals surface area contributed by atoms with Crippen molar-refractivity contribution < 1.29 is 4.74 Å². The molecule has 0 saturated carbocycles. The molecule has 0 aliphatic rings. The van der Waals surface area contributed by atoms with Crippen molar-refractivity contribution in [2.45, 2.75) is 32.6 Å². The Hall–Kier alpha value is -1.55. The second kappa shape index (κ2) is 9.40. The third-order valence-electron chi connectivity index (χ3n) is 3.35. The maximum absolute atomic E-state index is 5.06. The maximum atomic E-state index is 5.06. The summed E-state index contributed by atoms with van der Waals surface area (Å²) in [7, 11) is 1.72. The minimum absolute atomic E-state index is 0.0239. The molecule has 0 radical (unpaired) electrons. The van der Waals surface area contributed by atoms with Crippen LogP contribution in [-0.2, 0) is 10.2 Å². The van der Waals surface area contributed by atoms with Crippen molar-refractivity contribution in [3.8, 4) is 0 Å². The Morgan fingerprint density at radius 2 is 1.90 bits per heavy atom. The van der Waals surface area contributed by atoms with Gasteiger partial charge >= 0.3 is 0 Å². The summed E-state index contributed by atoms with van der Waals surface area (Å²) < 4.78 is 5.06. The highest BCUT2D eigenvalue weighted by Crippen LogP contribution is 2.22. The zero-order chi connectivity index (χ0) is 15.6. The molecule has 4 nitrogen and oxygen atoms in total. The van der Waals surface area contributed by atoms with Crippen molar-refractivity contribution in [3.05, 3.63) is 35.9 Å². The predicted octanol–water partition coefficient (Wildman–Crippen LogP) is 2.56. The number of hydrogen-bond donors (Lipinski definition) is 2. The van der Waals surface area contributed by atoms with Crippen LogP contribution >= 0.6 is 0 Å². The monoisotopic (exact) mass is 291 g/mol. The zero-order valence-electron chi connectivity index (χ0n) is 13.8. The number of hydrogen-bond acceptors (Lipinski definition) is 2. The first-order valence-corrected chi connectivity index (χ1v) is 7.67. The Balaban J connectivity index is 2.59. The fraction of sp³-hybridized carbons (Fsp3) is 0.588. The summed E-state index contributed by atoms with van der Waals surface area (Å²) in [5.74, 6) is 0.873. The normalized spacial score (nSPS) is 12.3. The quantitative estimate of drug-likeness (QED) is 0.439. The molecule has 0 saturated heterocycles. The highest BCUT2D eigenvalue weighted by molar-refractivity contribution is 5.79. The highest BCUT2D eigenvalue weighted by atomic mass is 16.5. The molecular formula is C17H29N3O. The van der Waals surface area contributed by atoms with Crippen LogP contribution < -0.4 is 10.6 Å². The van der Waals surface area contributed by atoms with E-state index in [-0.39, 0.29) is 5.41 Å². The van der Waals surface area contributed by atoms with Gasteiger partial charge in [0.25, 0.3) is 0 Å². The third-order valence-corrected chi connectivity index (χ3v) is 3.35. The van der Waals surface area contributed by atoms with Crippen molar-refractivity contribution in [2.75, 3.05) is 33.4 Å². The Morgan fingerprint density at radius 3 is 2.52 bits per heavy atom. The molecule has 118 valence electrons. The van der Waals surface area contributed by atoms with Crippen LogP contribution in [0.1, 0.15) is 32.8 Å². The first kappa shape index (κ1) is 17.5.